The van der Waals surface area contributed by atoms with Gasteiger partial charge in [0.15, 0.2) is 11.6 Å². The number of methoxy groups -OCH3 is 1. The predicted octanol–water partition coefficient (Wildman–Crippen LogP) is 2.44. The number of halogens is 1. The maximum atomic E-state index is 13.4. The molecule has 1 saturated heterocycles. The number of likely N-dealkylation sites (tertiary alicyclic amines) is 1. The summed E-state index contributed by atoms with van der Waals surface area (Å²) in [7, 11) is 1.40. The van der Waals surface area contributed by atoms with E-state index in [9.17, 15) is 9.18 Å². The molecule has 0 atom stereocenters. The molecular weight excluding hydrogens is 271 g/mol. The van der Waals surface area contributed by atoms with E-state index in [1.165, 1.54) is 25.3 Å². The van der Waals surface area contributed by atoms with E-state index in [2.05, 4.69) is 12.2 Å². The fraction of sp³-hybridized carbons (Fsp3) is 0.562. The molecule has 21 heavy (non-hydrogen) atoms. The number of nitrogens with one attached hydrogen (secondary N) is 1. The molecule has 0 bridgehead atoms. The largest absolute Gasteiger partial charge is 0.494 e. The molecule has 0 aliphatic carbocycles. The van der Waals surface area contributed by atoms with Gasteiger partial charge in [0, 0.05) is 24.7 Å². The van der Waals surface area contributed by atoms with Gasteiger partial charge in [-0.1, -0.05) is 6.92 Å². The molecule has 1 N–H and O–H groups in total. The van der Waals surface area contributed by atoms with Gasteiger partial charge >= 0.3 is 0 Å². The van der Waals surface area contributed by atoms with Gasteiger partial charge in [0.1, 0.15) is 0 Å². The van der Waals surface area contributed by atoms with E-state index < -0.39 is 5.82 Å². The first-order valence-electron chi connectivity index (χ1n) is 7.52. The zero-order chi connectivity index (χ0) is 15.2. The van der Waals surface area contributed by atoms with Crippen molar-refractivity contribution in [2.75, 3.05) is 26.7 Å². The van der Waals surface area contributed by atoms with E-state index in [-0.39, 0.29) is 11.7 Å². The second-order valence-electron chi connectivity index (χ2n) is 5.37. The summed E-state index contributed by atoms with van der Waals surface area (Å²) in [5.74, 6) is -0.390. The van der Waals surface area contributed by atoms with Crippen molar-refractivity contribution in [3.63, 3.8) is 0 Å². The molecule has 1 aliphatic heterocycles. The van der Waals surface area contributed by atoms with Gasteiger partial charge in [0.25, 0.3) is 5.91 Å². The minimum atomic E-state index is -0.448. The Morgan fingerprint density at radius 1 is 1.43 bits per heavy atom. The van der Waals surface area contributed by atoms with Crippen LogP contribution in [0.4, 0.5) is 4.39 Å². The molecule has 1 aromatic carbocycles. The second kappa shape index (κ2) is 7.41. The average molecular weight is 294 g/mol. The number of hydrogen-bond donors (Lipinski definition) is 1. The summed E-state index contributed by atoms with van der Waals surface area (Å²) in [6.07, 6.45) is 3.04. The summed E-state index contributed by atoms with van der Waals surface area (Å²) in [4.78, 5) is 14.3. The van der Waals surface area contributed by atoms with Crippen LogP contribution in [0.3, 0.4) is 0 Å². The quantitative estimate of drug-likeness (QED) is 0.907. The van der Waals surface area contributed by atoms with Crippen molar-refractivity contribution in [1.82, 2.24) is 10.2 Å². The van der Waals surface area contributed by atoms with E-state index in [0.29, 0.717) is 11.6 Å². The summed E-state index contributed by atoms with van der Waals surface area (Å²) in [6.45, 7) is 4.64. The van der Waals surface area contributed by atoms with Crippen molar-refractivity contribution in [3.8, 4) is 5.75 Å². The Morgan fingerprint density at radius 3 is 2.76 bits per heavy atom. The van der Waals surface area contributed by atoms with Gasteiger partial charge < -0.3 is 15.0 Å². The fourth-order valence-corrected chi connectivity index (χ4v) is 2.61. The van der Waals surface area contributed by atoms with Crippen LogP contribution in [0.5, 0.6) is 5.75 Å². The number of benzene rings is 1. The van der Waals surface area contributed by atoms with Crippen molar-refractivity contribution >= 4 is 5.91 Å². The highest BCUT2D eigenvalue weighted by molar-refractivity contribution is 5.94. The monoisotopic (exact) mass is 294 g/mol. The van der Waals surface area contributed by atoms with Crippen molar-refractivity contribution in [3.05, 3.63) is 29.6 Å². The van der Waals surface area contributed by atoms with Gasteiger partial charge in [-0.05, 0) is 44.0 Å². The van der Waals surface area contributed by atoms with E-state index >= 15 is 0 Å². The number of piperidine rings is 1. The lowest BCUT2D eigenvalue weighted by atomic mass is 10.0. The Labute approximate surface area is 125 Å². The number of rotatable bonds is 5. The molecule has 5 heteroatoms. The molecule has 1 amide bonds. The lowest BCUT2D eigenvalue weighted by Crippen LogP contribution is -2.45. The molecule has 2 rings (SSSR count). The van der Waals surface area contributed by atoms with Crippen molar-refractivity contribution in [1.29, 1.82) is 0 Å². The normalized spacial score (nSPS) is 16.0. The zero-order valence-corrected chi connectivity index (χ0v) is 12.7. The van der Waals surface area contributed by atoms with Crippen LogP contribution in [0, 0.1) is 5.82 Å². The fourth-order valence-electron chi connectivity index (χ4n) is 2.61. The molecule has 0 radical (unpaired) electrons. The highest BCUT2D eigenvalue weighted by Crippen LogP contribution is 2.21. The van der Waals surface area contributed by atoms with Crippen LogP contribution in [-0.2, 0) is 0 Å². The molecular formula is C16H23FN2O2. The maximum absolute atomic E-state index is 13.4. The molecule has 0 saturated carbocycles. The minimum Gasteiger partial charge on any atom is -0.494 e. The first-order chi connectivity index (χ1) is 10.2. The summed E-state index contributed by atoms with van der Waals surface area (Å²) >= 11 is 0. The maximum Gasteiger partial charge on any atom is 0.253 e. The van der Waals surface area contributed by atoms with Gasteiger partial charge in [-0.2, -0.15) is 0 Å². The Morgan fingerprint density at radius 2 is 2.14 bits per heavy atom. The SMILES string of the molecule is CCCNC1CCN(C(=O)c2ccc(F)c(OC)c2)CC1. The molecule has 1 heterocycles. The van der Waals surface area contributed by atoms with Crippen LogP contribution in [-0.4, -0.2) is 43.6 Å². The Balaban J connectivity index is 1.95. The van der Waals surface area contributed by atoms with E-state index in [1.54, 1.807) is 0 Å². The smallest absolute Gasteiger partial charge is 0.253 e. The second-order valence-corrected chi connectivity index (χ2v) is 5.37. The van der Waals surface area contributed by atoms with Crippen LogP contribution < -0.4 is 10.1 Å². The van der Waals surface area contributed by atoms with Crippen molar-refractivity contribution < 1.29 is 13.9 Å². The van der Waals surface area contributed by atoms with Crippen LogP contribution in [0.2, 0.25) is 0 Å². The van der Waals surface area contributed by atoms with Crippen molar-refractivity contribution in [2.45, 2.75) is 32.2 Å². The van der Waals surface area contributed by atoms with Crippen molar-refractivity contribution in [2.24, 2.45) is 0 Å². The first kappa shape index (κ1) is 15.8. The summed E-state index contributed by atoms with van der Waals surface area (Å²) in [5, 5.41) is 3.49. The molecule has 0 spiro atoms. The van der Waals surface area contributed by atoms with Crippen LogP contribution in [0.1, 0.15) is 36.5 Å². The standard InChI is InChI=1S/C16H23FN2O2/c1-3-8-18-13-6-9-19(10-7-13)16(20)12-4-5-14(17)15(11-12)21-2/h4-5,11,13,18H,3,6-10H2,1-2H3. The number of nitrogens with zero attached hydrogens (tertiary/aromatic N) is 1. The number of ether oxygens (including phenoxy) is 1. The third-order valence-electron chi connectivity index (χ3n) is 3.86. The summed E-state index contributed by atoms with van der Waals surface area (Å²) < 4.78 is 18.3. The van der Waals surface area contributed by atoms with Gasteiger partial charge in [0.2, 0.25) is 0 Å². The molecule has 116 valence electrons. The van der Waals surface area contributed by atoms with E-state index in [0.717, 1.165) is 38.9 Å². The Kier molecular flexibility index (Phi) is 5.56. The lowest BCUT2D eigenvalue weighted by Gasteiger charge is -2.32. The van der Waals surface area contributed by atoms with Crippen LogP contribution in [0.15, 0.2) is 18.2 Å². The Hall–Kier alpha value is -1.62. The summed E-state index contributed by atoms with van der Waals surface area (Å²) in [5.41, 5.74) is 0.480. The van der Waals surface area contributed by atoms with Gasteiger partial charge in [-0.3, -0.25) is 4.79 Å². The van der Waals surface area contributed by atoms with E-state index in [1.807, 2.05) is 4.90 Å². The molecule has 1 aromatic rings. The number of carbonyl (C=O) groups excluding carboxylic acids is 1. The molecule has 0 aromatic heterocycles. The van der Waals surface area contributed by atoms with E-state index in [4.69, 9.17) is 4.74 Å². The van der Waals surface area contributed by atoms with Gasteiger partial charge in [-0.25, -0.2) is 4.39 Å². The average Bonchev–Trinajstić information content (AvgIpc) is 2.53. The molecule has 1 aliphatic rings. The number of hydrogen-bond acceptors (Lipinski definition) is 3. The summed E-state index contributed by atoms with van der Waals surface area (Å²) in [6, 6.07) is 4.76. The first-order valence-corrected chi connectivity index (χ1v) is 7.52. The topological polar surface area (TPSA) is 41.6 Å². The Bertz CT molecular complexity index is 485. The van der Waals surface area contributed by atoms with Gasteiger partial charge in [-0.15, -0.1) is 0 Å². The predicted molar refractivity (Wildman–Crippen MR) is 80.2 cm³/mol. The minimum absolute atomic E-state index is 0.0535. The van der Waals surface area contributed by atoms with Crippen LogP contribution in [0.25, 0.3) is 0 Å². The number of carbonyl (C=O) groups is 1. The van der Waals surface area contributed by atoms with Crippen LogP contribution >= 0.6 is 0 Å². The molecule has 0 unspecified atom stereocenters. The zero-order valence-electron chi connectivity index (χ0n) is 12.7. The lowest BCUT2D eigenvalue weighted by molar-refractivity contribution is 0.0705. The van der Waals surface area contributed by atoms with Gasteiger partial charge in [0.05, 0.1) is 7.11 Å². The number of amides is 1. The molecule has 1 fully saturated rings. The third-order valence-corrected chi connectivity index (χ3v) is 3.86. The third kappa shape index (κ3) is 3.94. The highest BCUT2D eigenvalue weighted by Gasteiger charge is 2.23. The highest BCUT2D eigenvalue weighted by atomic mass is 19.1. The molecule has 4 nitrogen and oxygen atoms in total.